The van der Waals surface area contributed by atoms with Crippen LogP contribution < -0.4 is 0 Å². The molecule has 0 atom stereocenters. The van der Waals surface area contributed by atoms with Crippen LogP contribution in [0.25, 0.3) is 0 Å². The van der Waals surface area contributed by atoms with E-state index in [1.54, 1.807) is 0 Å². The van der Waals surface area contributed by atoms with Crippen molar-refractivity contribution < 1.29 is 0 Å². The van der Waals surface area contributed by atoms with Gasteiger partial charge in [0.25, 0.3) is 0 Å². The number of hydrogen-bond donors (Lipinski definition) is 0. The molecule has 0 unspecified atom stereocenters. The summed E-state index contributed by atoms with van der Waals surface area (Å²) in [5.41, 5.74) is 0.503. The maximum atomic E-state index is 6.09. The zero-order chi connectivity index (χ0) is 12.3. The van der Waals surface area contributed by atoms with Gasteiger partial charge in [-0.15, -0.1) is 0 Å². The predicted octanol–water partition coefficient (Wildman–Crippen LogP) is 4.99. The lowest BCUT2D eigenvalue weighted by atomic mass is 9.60. The van der Waals surface area contributed by atoms with E-state index >= 15 is 0 Å². The van der Waals surface area contributed by atoms with E-state index in [0.717, 1.165) is 24.1 Å². The Balaban J connectivity index is 1.86. The monoisotopic (exact) mass is 232 g/mol. The molecule has 1 heteroatoms. The predicted molar refractivity (Wildman–Crippen MR) is 76.4 cm³/mol. The second kappa shape index (κ2) is 5.80. The summed E-state index contributed by atoms with van der Waals surface area (Å²) in [4.78, 5) is 0. The molecule has 17 heavy (non-hydrogen) atoms. The van der Waals surface area contributed by atoms with Crippen molar-refractivity contribution in [1.82, 2.24) is 0 Å². The molecule has 2 aliphatic rings. The molecule has 2 saturated carbocycles. The first-order valence-corrected chi connectivity index (χ1v) is 7.85. The second-order valence-electron chi connectivity index (χ2n) is 7.18. The first-order chi connectivity index (χ1) is 8.15. The van der Waals surface area contributed by atoms with Gasteiger partial charge < -0.3 is 0 Å². The molecule has 2 rings (SSSR count). The zero-order valence-electron chi connectivity index (χ0n) is 11.9. The molecule has 2 fully saturated rings. The van der Waals surface area contributed by atoms with Gasteiger partial charge in [0.15, 0.2) is 0 Å². The van der Waals surface area contributed by atoms with Crippen LogP contribution in [0.5, 0.6) is 0 Å². The van der Waals surface area contributed by atoms with E-state index in [1.165, 1.54) is 57.8 Å². The third-order valence-corrected chi connectivity index (χ3v) is 5.43. The molecule has 0 N–H and O–H groups in total. The van der Waals surface area contributed by atoms with Crippen molar-refractivity contribution in [3.05, 3.63) is 0 Å². The fourth-order valence-corrected chi connectivity index (χ4v) is 4.51. The van der Waals surface area contributed by atoms with E-state index in [2.05, 4.69) is 13.8 Å². The van der Waals surface area contributed by atoms with Gasteiger partial charge in [-0.05, 0) is 55.3 Å². The van der Waals surface area contributed by atoms with E-state index in [0.29, 0.717) is 5.41 Å². The van der Waals surface area contributed by atoms with Crippen LogP contribution in [0.4, 0.5) is 0 Å². The summed E-state index contributed by atoms with van der Waals surface area (Å²) in [7, 11) is 6.09. The molecule has 0 amide bonds. The summed E-state index contributed by atoms with van der Waals surface area (Å²) in [5.74, 6) is 2.93. The van der Waals surface area contributed by atoms with Crippen LogP contribution in [0.15, 0.2) is 0 Å². The van der Waals surface area contributed by atoms with Crippen LogP contribution in [0.1, 0.15) is 71.6 Å². The maximum absolute atomic E-state index is 6.09. The van der Waals surface area contributed by atoms with Gasteiger partial charge in [0, 0.05) is 0 Å². The Labute approximate surface area is 109 Å². The van der Waals surface area contributed by atoms with E-state index in [4.69, 9.17) is 7.85 Å². The van der Waals surface area contributed by atoms with Crippen molar-refractivity contribution in [2.24, 2.45) is 23.2 Å². The fourth-order valence-electron chi connectivity index (χ4n) is 4.51. The van der Waals surface area contributed by atoms with Gasteiger partial charge in [-0.25, -0.2) is 0 Å². The quantitative estimate of drug-likeness (QED) is 0.599. The average molecular weight is 232 g/mol. The van der Waals surface area contributed by atoms with Crippen molar-refractivity contribution >= 4 is 7.85 Å². The van der Waals surface area contributed by atoms with Gasteiger partial charge in [-0.2, -0.15) is 0 Å². The Hall–Kier alpha value is 0.0649. The van der Waals surface area contributed by atoms with Crippen LogP contribution in [0.2, 0.25) is 6.32 Å². The smallest absolute Gasteiger partial charge is 0.0660 e. The number of hydrogen-bond acceptors (Lipinski definition) is 0. The van der Waals surface area contributed by atoms with Gasteiger partial charge >= 0.3 is 0 Å². The molecule has 0 aromatic heterocycles. The highest BCUT2D eigenvalue weighted by Crippen LogP contribution is 2.49. The molecule has 0 aromatic rings. The summed E-state index contributed by atoms with van der Waals surface area (Å²) in [5, 5.41) is 0. The van der Waals surface area contributed by atoms with Gasteiger partial charge in [0.1, 0.15) is 0 Å². The first-order valence-electron chi connectivity index (χ1n) is 7.85. The third kappa shape index (κ3) is 3.29. The largest absolute Gasteiger partial charge is 0.0831 e. The van der Waals surface area contributed by atoms with Crippen molar-refractivity contribution in [3.63, 3.8) is 0 Å². The highest BCUT2D eigenvalue weighted by Gasteiger charge is 2.36. The lowest BCUT2D eigenvalue weighted by Crippen LogP contribution is -2.30. The first kappa shape index (κ1) is 13.5. The van der Waals surface area contributed by atoms with Gasteiger partial charge in [-0.3, -0.25) is 0 Å². The molecule has 2 aliphatic carbocycles. The molecule has 0 nitrogen and oxygen atoms in total. The molecule has 0 aliphatic heterocycles. The molecule has 0 heterocycles. The van der Waals surface area contributed by atoms with Crippen LogP contribution in [-0.4, -0.2) is 7.85 Å². The standard InChI is InChI=1S/C16H29B/c1-13(2)11-16(12-17)9-7-15(8-10-16)14-5-3-4-6-14/h13-15H,3-12H2,1-2H3. The molecule has 96 valence electrons. The molecular formula is C16H29B. The van der Waals surface area contributed by atoms with E-state index in [9.17, 15) is 0 Å². The van der Waals surface area contributed by atoms with Crippen LogP contribution in [0.3, 0.4) is 0 Å². The minimum Gasteiger partial charge on any atom is -0.0831 e. The van der Waals surface area contributed by atoms with Crippen LogP contribution >= 0.6 is 0 Å². The molecule has 0 saturated heterocycles. The Bertz CT molecular complexity index is 220. The molecular weight excluding hydrogens is 203 g/mol. The fraction of sp³-hybridized carbons (Fsp3) is 1.00. The highest BCUT2D eigenvalue weighted by molar-refractivity contribution is 6.09. The second-order valence-corrected chi connectivity index (χ2v) is 7.18. The Kier molecular flexibility index (Phi) is 4.61. The minimum atomic E-state index is 0.503. The lowest BCUT2D eigenvalue weighted by Gasteiger charge is -2.43. The highest BCUT2D eigenvalue weighted by atomic mass is 14.4. The lowest BCUT2D eigenvalue weighted by molar-refractivity contribution is 0.113. The normalized spacial score (nSPS) is 35.6. The number of rotatable bonds is 4. The summed E-state index contributed by atoms with van der Waals surface area (Å²) in [6, 6.07) is 0. The molecule has 0 spiro atoms. The van der Waals surface area contributed by atoms with E-state index < -0.39 is 0 Å². The SMILES string of the molecule is [B]CC1(CC(C)C)CCC(C2CCCC2)CC1. The van der Waals surface area contributed by atoms with Crippen molar-refractivity contribution in [3.8, 4) is 0 Å². The Morgan fingerprint density at radius 3 is 2.00 bits per heavy atom. The van der Waals surface area contributed by atoms with Crippen molar-refractivity contribution in [1.29, 1.82) is 0 Å². The van der Waals surface area contributed by atoms with Crippen LogP contribution in [0, 0.1) is 23.2 Å². The Morgan fingerprint density at radius 2 is 1.53 bits per heavy atom. The summed E-state index contributed by atoms with van der Waals surface area (Å²) >= 11 is 0. The van der Waals surface area contributed by atoms with E-state index in [-0.39, 0.29) is 0 Å². The topological polar surface area (TPSA) is 0 Å². The van der Waals surface area contributed by atoms with E-state index in [1.807, 2.05) is 0 Å². The third-order valence-electron chi connectivity index (χ3n) is 5.43. The zero-order valence-corrected chi connectivity index (χ0v) is 11.9. The molecule has 0 aromatic carbocycles. The summed E-state index contributed by atoms with van der Waals surface area (Å²) in [6.07, 6.45) is 14.0. The van der Waals surface area contributed by atoms with Gasteiger partial charge in [0.2, 0.25) is 0 Å². The van der Waals surface area contributed by atoms with Crippen molar-refractivity contribution in [2.45, 2.75) is 78.0 Å². The summed E-state index contributed by atoms with van der Waals surface area (Å²) in [6.45, 7) is 4.70. The van der Waals surface area contributed by atoms with Gasteiger partial charge in [0.05, 0.1) is 7.85 Å². The summed E-state index contributed by atoms with van der Waals surface area (Å²) < 4.78 is 0. The van der Waals surface area contributed by atoms with Crippen LogP contribution in [-0.2, 0) is 0 Å². The average Bonchev–Trinajstić information content (AvgIpc) is 2.83. The van der Waals surface area contributed by atoms with Crippen molar-refractivity contribution in [2.75, 3.05) is 0 Å². The maximum Gasteiger partial charge on any atom is 0.0660 e. The molecule has 0 bridgehead atoms. The van der Waals surface area contributed by atoms with Gasteiger partial charge in [-0.1, -0.05) is 45.9 Å². The minimum absolute atomic E-state index is 0.503. The Morgan fingerprint density at radius 1 is 1.00 bits per heavy atom. The molecule has 2 radical (unpaired) electrons.